The lowest BCUT2D eigenvalue weighted by Gasteiger charge is -2.13. The van der Waals surface area contributed by atoms with Gasteiger partial charge in [-0.2, -0.15) is 0 Å². The van der Waals surface area contributed by atoms with Crippen LogP contribution in [0.15, 0.2) is 22.7 Å². The van der Waals surface area contributed by atoms with Crippen LogP contribution < -0.4 is 5.32 Å². The minimum atomic E-state index is -0.348. The van der Waals surface area contributed by atoms with Gasteiger partial charge >= 0.3 is 0 Å². The molecule has 0 radical (unpaired) electrons. The highest BCUT2D eigenvalue weighted by Gasteiger charge is 2.29. The SMILES string of the molecule is CC(NC(=O)c1ccc(F)cc1Br)C1CC1. The lowest BCUT2D eigenvalue weighted by molar-refractivity contribution is 0.0935. The van der Waals surface area contributed by atoms with Crippen LogP contribution in [0.5, 0.6) is 0 Å². The Kier molecular flexibility index (Phi) is 3.28. The zero-order valence-electron chi connectivity index (χ0n) is 8.97. The van der Waals surface area contributed by atoms with E-state index in [9.17, 15) is 9.18 Å². The zero-order valence-corrected chi connectivity index (χ0v) is 10.6. The molecule has 1 aliphatic rings. The van der Waals surface area contributed by atoms with Gasteiger partial charge in [0.15, 0.2) is 0 Å². The van der Waals surface area contributed by atoms with Crippen LogP contribution in [0.1, 0.15) is 30.1 Å². The van der Waals surface area contributed by atoms with Crippen molar-refractivity contribution in [1.82, 2.24) is 5.32 Å². The van der Waals surface area contributed by atoms with Gasteiger partial charge in [-0.15, -0.1) is 0 Å². The number of nitrogens with one attached hydrogen (secondary N) is 1. The molecule has 4 heteroatoms. The van der Waals surface area contributed by atoms with Crippen molar-refractivity contribution in [3.63, 3.8) is 0 Å². The highest BCUT2D eigenvalue weighted by Crippen LogP contribution is 2.32. The molecule has 2 nitrogen and oxygen atoms in total. The molecule has 1 atom stereocenters. The Hall–Kier alpha value is -0.900. The molecule has 1 aromatic carbocycles. The van der Waals surface area contributed by atoms with Crippen LogP contribution >= 0.6 is 15.9 Å². The molecular formula is C12H13BrFNO. The third-order valence-electron chi connectivity index (χ3n) is 2.86. The van der Waals surface area contributed by atoms with E-state index < -0.39 is 0 Å². The van der Waals surface area contributed by atoms with Crippen molar-refractivity contribution in [2.75, 3.05) is 0 Å². The van der Waals surface area contributed by atoms with E-state index >= 15 is 0 Å². The fourth-order valence-corrected chi connectivity index (χ4v) is 2.20. The first-order chi connectivity index (χ1) is 7.58. The van der Waals surface area contributed by atoms with Crippen LogP contribution in [0.25, 0.3) is 0 Å². The lowest BCUT2D eigenvalue weighted by atomic mass is 10.1. The van der Waals surface area contributed by atoms with E-state index in [0.717, 1.165) is 0 Å². The molecule has 16 heavy (non-hydrogen) atoms. The number of benzene rings is 1. The van der Waals surface area contributed by atoms with Crippen LogP contribution in [0.3, 0.4) is 0 Å². The second-order valence-electron chi connectivity index (χ2n) is 4.22. The van der Waals surface area contributed by atoms with E-state index in [1.54, 1.807) is 0 Å². The molecular weight excluding hydrogens is 273 g/mol. The average molecular weight is 286 g/mol. The molecule has 0 bridgehead atoms. The number of carbonyl (C=O) groups excluding carboxylic acids is 1. The Morgan fingerprint density at radius 1 is 1.56 bits per heavy atom. The average Bonchev–Trinajstić information content (AvgIpc) is 2.99. The zero-order chi connectivity index (χ0) is 11.7. The van der Waals surface area contributed by atoms with Gasteiger partial charge in [0.2, 0.25) is 0 Å². The van der Waals surface area contributed by atoms with Crippen molar-refractivity contribution in [1.29, 1.82) is 0 Å². The Balaban J connectivity index is 2.07. The molecule has 0 aromatic heterocycles. The summed E-state index contributed by atoms with van der Waals surface area (Å²) in [6.45, 7) is 2.01. The normalized spacial score (nSPS) is 16.9. The Morgan fingerprint density at radius 2 is 2.25 bits per heavy atom. The van der Waals surface area contributed by atoms with Crippen molar-refractivity contribution in [2.45, 2.75) is 25.8 Å². The maximum atomic E-state index is 12.8. The minimum Gasteiger partial charge on any atom is -0.349 e. The molecule has 0 saturated heterocycles. The van der Waals surface area contributed by atoms with Gasteiger partial charge in [0.25, 0.3) is 5.91 Å². The van der Waals surface area contributed by atoms with Crippen LogP contribution in [0.2, 0.25) is 0 Å². The predicted molar refractivity (Wildman–Crippen MR) is 63.8 cm³/mol. The summed E-state index contributed by atoms with van der Waals surface area (Å²) in [5, 5.41) is 2.93. The van der Waals surface area contributed by atoms with Crippen molar-refractivity contribution < 1.29 is 9.18 Å². The molecule has 1 fully saturated rings. The third-order valence-corrected chi connectivity index (χ3v) is 3.52. The second kappa shape index (κ2) is 4.53. The topological polar surface area (TPSA) is 29.1 Å². The van der Waals surface area contributed by atoms with Crippen molar-refractivity contribution in [3.8, 4) is 0 Å². The van der Waals surface area contributed by atoms with Crippen LogP contribution in [0, 0.1) is 11.7 Å². The van der Waals surface area contributed by atoms with Gasteiger partial charge in [0, 0.05) is 10.5 Å². The Labute approximate surface area is 102 Å². The van der Waals surface area contributed by atoms with E-state index in [1.807, 2.05) is 6.92 Å². The standard InChI is InChI=1S/C12H13BrFNO/c1-7(8-2-3-8)15-12(16)10-5-4-9(14)6-11(10)13/h4-8H,2-3H2,1H3,(H,15,16). The van der Waals surface area contributed by atoms with Gasteiger partial charge in [-0.25, -0.2) is 4.39 Å². The van der Waals surface area contributed by atoms with Crippen LogP contribution in [-0.4, -0.2) is 11.9 Å². The van der Waals surface area contributed by atoms with Gasteiger partial charge < -0.3 is 5.32 Å². The second-order valence-corrected chi connectivity index (χ2v) is 5.08. The van der Waals surface area contributed by atoms with E-state index in [-0.39, 0.29) is 17.8 Å². The number of rotatable bonds is 3. The predicted octanol–water partition coefficient (Wildman–Crippen LogP) is 3.12. The molecule has 1 amide bonds. The van der Waals surface area contributed by atoms with Crippen molar-refractivity contribution in [3.05, 3.63) is 34.1 Å². The Bertz CT molecular complexity index is 417. The molecule has 0 spiro atoms. The summed E-state index contributed by atoms with van der Waals surface area (Å²) in [6.07, 6.45) is 2.37. The molecule has 1 unspecified atom stereocenters. The van der Waals surface area contributed by atoms with E-state index in [0.29, 0.717) is 16.0 Å². The summed E-state index contributed by atoms with van der Waals surface area (Å²) >= 11 is 3.19. The maximum Gasteiger partial charge on any atom is 0.252 e. The molecule has 1 aromatic rings. The first-order valence-electron chi connectivity index (χ1n) is 5.34. The van der Waals surface area contributed by atoms with E-state index in [2.05, 4.69) is 21.2 Å². The van der Waals surface area contributed by atoms with Crippen LogP contribution in [0.4, 0.5) is 4.39 Å². The fourth-order valence-electron chi connectivity index (χ4n) is 1.67. The third kappa shape index (κ3) is 2.61. The van der Waals surface area contributed by atoms with Gasteiger partial charge in [-0.1, -0.05) is 0 Å². The molecule has 1 aliphatic carbocycles. The summed E-state index contributed by atoms with van der Waals surface area (Å²) in [6, 6.07) is 4.29. The highest BCUT2D eigenvalue weighted by atomic mass is 79.9. The van der Waals surface area contributed by atoms with Gasteiger partial charge in [-0.05, 0) is 59.8 Å². The van der Waals surface area contributed by atoms with E-state index in [1.165, 1.54) is 31.0 Å². The number of carbonyl (C=O) groups is 1. The van der Waals surface area contributed by atoms with Crippen molar-refractivity contribution >= 4 is 21.8 Å². The minimum absolute atomic E-state index is 0.147. The molecule has 86 valence electrons. The maximum absolute atomic E-state index is 12.8. The van der Waals surface area contributed by atoms with Gasteiger partial charge in [0.05, 0.1) is 5.56 Å². The fraction of sp³-hybridized carbons (Fsp3) is 0.417. The highest BCUT2D eigenvalue weighted by molar-refractivity contribution is 9.10. The first kappa shape index (κ1) is 11.6. The van der Waals surface area contributed by atoms with E-state index in [4.69, 9.17) is 0 Å². The smallest absolute Gasteiger partial charge is 0.252 e. The summed E-state index contributed by atoms with van der Waals surface area (Å²) in [4.78, 5) is 11.9. The lowest BCUT2D eigenvalue weighted by Crippen LogP contribution is -2.34. The summed E-state index contributed by atoms with van der Waals surface area (Å²) < 4.78 is 13.3. The Morgan fingerprint density at radius 3 is 2.81 bits per heavy atom. The summed E-state index contributed by atoms with van der Waals surface area (Å²) in [5.41, 5.74) is 0.480. The largest absolute Gasteiger partial charge is 0.349 e. The quantitative estimate of drug-likeness (QED) is 0.908. The number of hydrogen-bond acceptors (Lipinski definition) is 1. The summed E-state index contributed by atoms with van der Waals surface area (Å²) in [5.74, 6) is 0.119. The van der Waals surface area contributed by atoms with Crippen LogP contribution in [-0.2, 0) is 0 Å². The molecule has 1 N–H and O–H groups in total. The first-order valence-corrected chi connectivity index (χ1v) is 6.13. The summed E-state index contributed by atoms with van der Waals surface area (Å²) in [7, 11) is 0. The molecule has 0 heterocycles. The number of hydrogen-bond donors (Lipinski definition) is 1. The van der Waals surface area contributed by atoms with Crippen molar-refractivity contribution in [2.24, 2.45) is 5.92 Å². The van der Waals surface area contributed by atoms with Gasteiger partial charge in [-0.3, -0.25) is 4.79 Å². The molecule has 0 aliphatic heterocycles. The monoisotopic (exact) mass is 285 g/mol. The van der Waals surface area contributed by atoms with Gasteiger partial charge in [0.1, 0.15) is 5.82 Å². The number of amides is 1. The number of halogens is 2. The molecule has 1 saturated carbocycles. The molecule has 2 rings (SSSR count).